The number of fused-ring (bicyclic) bond motifs is 1. The number of amides is 1. The molecule has 1 aliphatic heterocycles. The van der Waals surface area contributed by atoms with Crippen LogP contribution in [-0.2, 0) is 11.2 Å². The Labute approximate surface area is 161 Å². The van der Waals surface area contributed by atoms with Crippen molar-refractivity contribution in [2.45, 2.75) is 25.8 Å². The van der Waals surface area contributed by atoms with Crippen LogP contribution in [0, 0.1) is 5.92 Å². The Morgan fingerprint density at radius 1 is 1.08 bits per heavy atom. The van der Waals surface area contributed by atoms with Gasteiger partial charge in [-0.3, -0.25) is 4.79 Å². The number of nitrogens with two attached hydrogens (primary N) is 2. The highest BCUT2D eigenvalue weighted by Crippen LogP contribution is 2.33. The lowest BCUT2D eigenvalue weighted by Gasteiger charge is -2.33. The average Bonchev–Trinajstić information content (AvgIpc) is 2.60. The highest BCUT2D eigenvalue weighted by Gasteiger charge is 2.30. The first kappa shape index (κ1) is 21.3. The molecule has 25 heavy (non-hydrogen) atoms. The second-order valence-corrected chi connectivity index (χ2v) is 6.16. The molecule has 6 heteroatoms. The lowest BCUT2D eigenvalue weighted by molar-refractivity contribution is -0.122. The minimum atomic E-state index is -0.310. The number of anilines is 2. The summed E-state index contributed by atoms with van der Waals surface area (Å²) in [7, 11) is 0. The van der Waals surface area contributed by atoms with Gasteiger partial charge in [0.1, 0.15) is 0 Å². The summed E-state index contributed by atoms with van der Waals surface area (Å²) in [6.07, 6.45) is 1.85. The Kier molecular flexibility index (Phi) is 7.74. The first-order valence-electron chi connectivity index (χ1n) is 8.09. The Bertz CT molecular complexity index is 709. The van der Waals surface area contributed by atoms with Gasteiger partial charge in [-0.15, -0.1) is 24.8 Å². The van der Waals surface area contributed by atoms with E-state index in [9.17, 15) is 4.79 Å². The fraction of sp³-hybridized carbons (Fsp3) is 0.316. The van der Waals surface area contributed by atoms with Gasteiger partial charge in [0.05, 0.1) is 5.92 Å². The first-order valence-corrected chi connectivity index (χ1v) is 8.09. The van der Waals surface area contributed by atoms with Crippen LogP contribution in [0.2, 0.25) is 0 Å². The summed E-state index contributed by atoms with van der Waals surface area (Å²) in [6.45, 7) is 2.63. The molecule has 0 aliphatic carbocycles. The highest BCUT2D eigenvalue weighted by atomic mass is 35.5. The van der Waals surface area contributed by atoms with Gasteiger partial charge >= 0.3 is 0 Å². The fourth-order valence-corrected chi connectivity index (χ4v) is 3.24. The Morgan fingerprint density at radius 2 is 1.76 bits per heavy atom. The quantitative estimate of drug-likeness (QED) is 0.795. The second kappa shape index (κ2) is 9.09. The maximum Gasteiger partial charge on any atom is 0.231 e. The van der Waals surface area contributed by atoms with Crippen LogP contribution in [0.1, 0.15) is 30.5 Å². The number of halogens is 2. The molecule has 4 N–H and O–H groups in total. The minimum absolute atomic E-state index is 0. The minimum Gasteiger partial charge on any atom is -0.398 e. The van der Waals surface area contributed by atoms with Crippen molar-refractivity contribution in [3.8, 4) is 0 Å². The molecule has 2 atom stereocenters. The van der Waals surface area contributed by atoms with E-state index >= 15 is 0 Å². The molecule has 3 rings (SSSR count). The number of carbonyl (C=O) groups excluding carboxylic acids is 1. The molecular formula is C19H25Cl2N3O. The van der Waals surface area contributed by atoms with Gasteiger partial charge in [0, 0.05) is 24.0 Å². The van der Waals surface area contributed by atoms with Crippen molar-refractivity contribution in [1.82, 2.24) is 0 Å². The summed E-state index contributed by atoms with van der Waals surface area (Å²) in [5, 5.41) is 0. The average molecular weight is 382 g/mol. The van der Waals surface area contributed by atoms with Crippen molar-refractivity contribution < 1.29 is 4.79 Å². The van der Waals surface area contributed by atoms with Crippen LogP contribution in [0.15, 0.2) is 48.5 Å². The van der Waals surface area contributed by atoms with Crippen molar-refractivity contribution in [2.75, 3.05) is 17.2 Å². The molecule has 136 valence electrons. The molecule has 2 aromatic rings. The highest BCUT2D eigenvalue weighted by molar-refractivity contribution is 5.97. The maximum atomic E-state index is 13.0. The van der Waals surface area contributed by atoms with E-state index in [4.69, 9.17) is 11.5 Å². The maximum absolute atomic E-state index is 13.0. The van der Waals surface area contributed by atoms with Crippen LogP contribution < -0.4 is 16.4 Å². The van der Waals surface area contributed by atoms with E-state index in [1.54, 1.807) is 0 Å². The summed E-state index contributed by atoms with van der Waals surface area (Å²) < 4.78 is 0. The monoisotopic (exact) mass is 381 g/mol. The normalized spacial score (nSPS) is 15.2. The van der Waals surface area contributed by atoms with Crippen molar-refractivity contribution in [3.63, 3.8) is 0 Å². The third-order valence-electron chi connectivity index (χ3n) is 4.67. The van der Waals surface area contributed by atoms with Gasteiger partial charge < -0.3 is 16.4 Å². The Balaban J connectivity index is 0.00000156. The number of benzene rings is 2. The van der Waals surface area contributed by atoms with Crippen molar-refractivity contribution in [3.05, 3.63) is 59.7 Å². The third-order valence-corrected chi connectivity index (χ3v) is 4.67. The summed E-state index contributed by atoms with van der Waals surface area (Å²) >= 11 is 0. The standard InChI is InChI=1S/C19H23N3O.2ClH/c1-13(18(21)14-7-3-2-4-8-14)19(23)22-12-6-9-15-16(20)10-5-11-17(15)22;;/h2-5,7-8,10-11,13,18H,6,9,12,20-21H2,1H3;2*1H. The van der Waals surface area contributed by atoms with Gasteiger partial charge in [0.2, 0.25) is 5.91 Å². The van der Waals surface area contributed by atoms with Gasteiger partial charge in [-0.1, -0.05) is 43.3 Å². The molecule has 0 saturated carbocycles. The van der Waals surface area contributed by atoms with Crippen molar-refractivity contribution in [2.24, 2.45) is 11.7 Å². The number of nitrogens with zero attached hydrogens (tertiary/aromatic N) is 1. The molecule has 0 saturated heterocycles. The van der Waals surface area contributed by atoms with Gasteiger partial charge in [0.25, 0.3) is 0 Å². The molecule has 0 spiro atoms. The van der Waals surface area contributed by atoms with Crippen LogP contribution in [0.4, 0.5) is 11.4 Å². The largest absolute Gasteiger partial charge is 0.398 e. The Morgan fingerprint density at radius 3 is 2.44 bits per heavy atom. The van der Waals surface area contributed by atoms with E-state index in [0.29, 0.717) is 0 Å². The zero-order valence-electron chi connectivity index (χ0n) is 14.2. The number of nitrogen functional groups attached to an aromatic ring is 1. The first-order chi connectivity index (χ1) is 11.1. The van der Waals surface area contributed by atoms with Crippen LogP contribution in [0.3, 0.4) is 0 Å². The van der Waals surface area contributed by atoms with Gasteiger partial charge in [-0.25, -0.2) is 0 Å². The van der Waals surface area contributed by atoms with E-state index in [-0.39, 0.29) is 42.7 Å². The van der Waals surface area contributed by atoms with E-state index in [2.05, 4.69) is 0 Å². The predicted octanol–water partition coefficient (Wildman–Crippen LogP) is 3.73. The molecule has 2 unspecified atom stereocenters. The molecule has 1 amide bonds. The fourth-order valence-electron chi connectivity index (χ4n) is 3.24. The van der Waals surface area contributed by atoms with Crippen LogP contribution in [0.5, 0.6) is 0 Å². The van der Waals surface area contributed by atoms with Gasteiger partial charge in [0.15, 0.2) is 0 Å². The van der Waals surface area contributed by atoms with E-state index in [0.717, 1.165) is 41.9 Å². The smallest absolute Gasteiger partial charge is 0.231 e. The summed E-state index contributed by atoms with van der Waals surface area (Å²) in [5.41, 5.74) is 16.2. The van der Waals surface area contributed by atoms with E-state index < -0.39 is 0 Å². The predicted molar refractivity (Wildman–Crippen MR) is 109 cm³/mol. The molecule has 4 nitrogen and oxygen atoms in total. The van der Waals surface area contributed by atoms with E-state index in [1.807, 2.05) is 60.4 Å². The van der Waals surface area contributed by atoms with Crippen LogP contribution in [0.25, 0.3) is 0 Å². The zero-order valence-corrected chi connectivity index (χ0v) is 15.9. The molecule has 0 fully saturated rings. The molecule has 0 bridgehead atoms. The number of carbonyl (C=O) groups is 1. The lowest BCUT2D eigenvalue weighted by atomic mass is 9.92. The molecule has 2 aromatic carbocycles. The molecule has 1 aliphatic rings. The van der Waals surface area contributed by atoms with Gasteiger partial charge in [-0.2, -0.15) is 0 Å². The molecular weight excluding hydrogens is 357 g/mol. The van der Waals surface area contributed by atoms with Crippen LogP contribution >= 0.6 is 24.8 Å². The third kappa shape index (κ3) is 4.27. The van der Waals surface area contributed by atoms with E-state index in [1.165, 1.54) is 0 Å². The lowest BCUT2D eigenvalue weighted by Crippen LogP contribution is -2.42. The second-order valence-electron chi connectivity index (χ2n) is 6.16. The zero-order chi connectivity index (χ0) is 16.4. The molecule has 0 radical (unpaired) electrons. The molecule has 0 aromatic heterocycles. The van der Waals surface area contributed by atoms with Crippen molar-refractivity contribution in [1.29, 1.82) is 0 Å². The Hall–Kier alpha value is -1.75. The summed E-state index contributed by atoms with van der Waals surface area (Å²) in [5.74, 6) is -0.224. The van der Waals surface area contributed by atoms with Gasteiger partial charge in [-0.05, 0) is 36.1 Å². The molecule has 1 heterocycles. The number of hydrogen-bond donors (Lipinski definition) is 2. The van der Waals surface area contributed by atoms with Crippen LogP contribution in [-0.4, -0.2) is 12.5 Å². The number of hydrogen-bond acceptors (Lipinski definition) is 3. The topological polar surface area (TPSA) is 72.3 Å². The number of rotatable bonds is 3. The van der Waals surface area contributed by atoms with Crippen molar-refractivity contribution >= 4 is 42.1 Å². The summed E-state index contributed by atoms with van der Waals surface area (Å²) in [4.78, 5) is 14.8. The summed E-state index contributed by atoms with van der Waals surface area (Å²) in [6, 6.07) is 15.2. The SMILES string of the molecule is CC(C(=O)N1CCCc2c(N)cccc21)C(N)c1ccccc1.Cl.Cl.